The van der Waals surface area contributed by atoms with Crippen molar-refractivity contribution >= 4 is 35.8 Å². The molecular formula is C12H18O18SmY. The van der Waals surface area contributed by atoms with Crippen LogP contribution in [0.5, 0.6) is 0 Å². The van der Waals surface area contributed by atoms with E-state index in [0.717, 1.165) is 0 Å². The van der Waals surface area contributed by atoms with E-state index in [-0.39, 0.29) is 73.1 Å². The van der Waals surface area contributed by atoms with Gasteiger partial charge in [0, 0.05) is 73.1 Å². The molecule has 0 rings (SSSR count). The van der Waals surface area contributed by atoms with E-state index in [1.54, 1.807) is 0 Å². The summed E-state index contributed by atoms with van der Waals surface area (Å²) in [6, 6.07) is 0. The molecule has 12 N–H and O–H groups in total. The van der Waals surface area contributed by atoms with Gasteiger partial charge in [-0.1, -0.05) is 0 Å². The van der Waals surface area contributed by atoms with Crippen LogP contribution in [0.25, 0.3) is 0 Å². The van der Waals surface area contributed by atoms with Gasteiger partial charge in [-0.2, -0.15) is 0 Å². The van der Waals surface area contributed by atoms with E-state index >= 15 is 0 Å². The number of rotatable bonds is 9. The third-order valence-corrected chi connectivity index (χ3v) is 2.42. The maximum Gasteiger partial charge on any atom is 0.335 e. The monoisotopic (exact) mass is 691 g/mol. The van der Waals surface area contributed by atoms with Gasteiger partial charge in [0.2, 0.25) is 0 Å². The Bertz CT molecular complexity index is 500. The third-order valence-electron chi connectivity index (χ3n) is 2.42. The molecule has 183 valence electrons. The minimum absolute atomic E-state index is 0. The Kier molecular flexibility index (Phi) is 26.6. The predicted octanol–water partition coefficient (Wildman–Crippen LogP) is -6.37. The molecule has 0 aromatic heterocycles. The largest absolute Gasteiger partial charge is 0.479 e. The Balaban J connectivity index is -0.000000110. The molecule has 0 aromatic rings. The van der Waals surface area contributed by atoms with E-state index in [9.17, 15) is 28.8 Å². The average Bonchev–Trinajstić information content (AvgIpc) is 2.64. The number of aliphatic carboxylic acids is 6. The minimum Gasteiger partial charge on any atom is -0.479 e. The molecule has 0 aliphatic carbocycles. The molecule has 0 aliphatic heterocycles. The maximum absolute atomic E-state index is 9.77. The van der Waals surface area contributed by atoms with Crippen LogP contribution in [-0.4, -0.2) is 134 Å². The van der Waals surface area contributed by atoms with Gasteiger partial charge in [0.05, 0.1) is 0 Å². The molecule has 0 fully saturated rings. The molecule has 1 radical (unpaired) electrons. The molecule has 0 spiro atoms. The molecule has 0 aromatic carbocycles. The van der Waals surface area contributed by atoms with Gasteiger partial charge in [0.25, 0.3) is 0 Å². The zero-order valence-corrected chi connectivity index (χ0v) is 20.7. The van der Waals surface area contributed by atoms with E-state index in [2.05, 4.69) is 0 Å². The van der Waals surface area contributed by atoms with E-state index in [0.29, 0.717) is 0 Å². The van der Waals surface area contributed by atoms with Crippen LogP contribution in [0.4, 0.5) is 0 Å². The number of aliphatic hydroxyl groups is 6. The zero-order valence-electron chi connectivity index (χ0n) is 15.3. The molecule has 6 unspecified atom stereocenters. The smallest absolute Gasteiger partial charge is 0.335 e. The van der Waals surface area contributed by atoms with Gasteiger partial charge in [-0.05, 0) is 0 Å². The summed E-state index contributed by atoms with van der Waals surface area (Å²) < 4.78 is 0. The number of carboxylic acids is 6. The molecule has 0 bridgehead atoms. The van der Waals surface area contributed by atoms with E-state index < -0.39 is 72.4 Å². The number of carbonyl (C=O) groups is 6. The summed E-state index contributed by atoms with van der Waals surface area (Å²) in [5.41, 5.74) is 0. The zero-order chi connectivity index (χ0) is 24.9. The Hall–Kier alpha value is -0.978. The summed E-state index contributed by atoms with van der Waals surface area (Å²) in [4.78, 5) is 58.6. The molecule has 0 heterocycles. The molecule has 18 nitrogen and oxygen atoms in total. The van der Waals surface area contributed by atoms with Crippen molar-refractivity contribution in [2.75, 3.05) is 0 Å². The van der Waals surface area contributed by atoms with Crippen molar-refractivity contribution < 1.29 is 163 Å². The molecular weight excluding hydrogens is 671 g/mol. The summed E-state index contributed by atoms with van der Waals surface area (Å²) in [6.07, 6.45) is -13.6. The van der Waals surface area contributed by atoms with Crippen molar-refractivity contribution in [2.24, 2.45) is 0 Å². The van der Waals surface area contributed by atoms with Crippen LogP contribution in [0.3, 0.4) is 0 Å². The third kappa shape index (κ3) is 18.6. The van der Waals surface area contributed by atoms with Gasteiger partial charge in [0.15, 0.2) is 36.6 Å². The fraction of sp³-hybridized carbons (Fsp3) is 0.500. The number of hydrogen-bond donors (Lipinski definition) is 12. The first-order valence-electron chi connectivity index (χ1n) is 6.85. The Morgan fingerprint density at radius 1 is 0.344 bits per heavy atom. The Morgan fingerprint density at radius 3 is 0.438 bits per heavy atom. The Morgan fingerprint density at radius 2 is 0.406 bits per heavy atom. The SMILES string of the molecule is O=C(O)C(O)C(O)C(=O)O.O=C(O)C(O)C(O)C(=O)O.O=C(O)C(O)C(O)C(=O)O.[Sm].[Y]. The second-order valence-corrected chi connectivity index (χ2v) is 4.70. The van der Waals surface area contributed by atoms with Crippen molar-refractivity contribution in [1.29, 1.82) is 0 Å². The van der Waals surface area contributed by atoms with E-state index in [1.807, 2.05) is 0 Å². The van der Waals surface area contributed by atoms with Crippen LogP contribution in [0.2, 0.25) is 0 Å². The Labute approximate surface area is 233 Å². The van der Waals surface area contributed by atoms with Gasteiger partial charge in [-0.3, -0.25) is 0 Å². The fourth-order valence-corrected chi connectivity index (χ4v) is 0.810. The summed E-state index contributed by atoms with van der Waals surface area (Å²) in [6.45, 7) is 0. The fourth-order valence-electron chi connectivity index (χ4n) is 0.810. The molecule has 6 atom stereocenters. The second-order valence-electron chi connectivity index (χ2n) is 4.70. The summed E-state index contributed by atoms with van der Waals surface area (Å²) in [7, 11) is 0. The van der Waals surface area contributed by atoms with Gasteiger partial charge >= 0.3 is 35.8 Å². The first-order valence-corrected chi connectivity index (χ1v) is 6.85. The quantitative estimate of drug-likeness (QED) is 0.107. The van der Waals surface area contributed by atoms with Crippen molar-refractivity contribution in [3.05, 3.63) is 0 Å². The van der Waals surface area contributed by atoms with Gasteiger partial charge in [-0.15, -0.1) is 0 Å². The van der Waals surface area contributed by atoms with E-state index in [1.165, 1.54) is 0 Å². The van der Waals surface area contributed by atoms with Crippen molar-refractivity contribution in [2.45, 2.75) is 36.6 Å². The first-order chi connectivity index (χ1) is 13.4. The summed E-state index contributed by atoms with van der Waals surface area (Å²) in [5, 5.41) is 97.6. The molecule has 20 heteroatoms. The van der Waals surface area contributed by atoms with Crippen LogP contribution in [0.1, 0.15) is 0 Å². The van der Waals surface area contributed by atoms with Crippen LogP contribution >= 0.6 is 0 Å². The molecule has 32 heavy (non-hydrogen) atoms. The van der Waals surface area contributed by atoms with Crippen molar-refractivity contribution in [3.8, 4) is 0 Å². The topological polar surface area (TPSA) is 345 Å². The number of hydrogen-bond acceptors (Lipinski definition) is 12. The number of aliphatic hydroxyl groups excluding tert-OH is 6. The predicted molar refractivity (Wildman–Crippen MR) is 81.9 cm³/mol. The first kappa shape index (κ1) is 41.3. The summed E-state index contributed by atoms with van der Waals surface area (Å²) >= 11 is 0. The van der Waals surface area contributed by atoms with Crippen LogP contribution in [-0.2, 0) is 61.5 Å². The average molecular weight is 690 g/mol. The van der Waals surface area contributed by atoms with Crippen LogP contribution in [0, 0.1) is 40.4 Å². The van der Waals surface area contributed by atoms with Crippen LogP contribution < -0.4 is 0 Å². The minimum atomic E-state index is -2.27. The number of carboxylic acid groups (broad SMARTS) is 6. The van der Waals surface area contributed by atoms with Crippen molar-refractivity contribution in [1.82, 2.24) is 0 Å². The normalized spacial score (nSPS) is 14.8. The van der Waals surface area contributed by atoms with Crippen LogP contribution in [0.15, 0.2) is 0 Å². The summed E-state index contributed by atoms with van der Waals surface area (Å²) in [5.74, 6) is -10.6. The van der Waals surface area contributed by atoms with Gasteiger partial charge in [-0.25, -0.2) is 28.8 Å². The standard InChI is InChI=1S/3C4H6O6.Sm.Y/c3*5-1(3(7)8)2(6)4(9)10;;/h3*1-2,5-6H,(H,7,8)(H,9,10);;. The molecule has 0 aliphatic rings. The van der Waals surface area contributed by atoms with Crippen molar-refractivity contribution in [3.63, 3.8) is 0 Å². The molecule has 0 amide bonds. The maximum atomic E-state index is 9.77. The second kappa shape index (κ2) is 20.6. The van der Waals surface area contributed by atoms with E-state index in [4.69, 9.17) is 61.3 Å². The van der Waals surface area contributed by atoms with Gasteiger partial charge in [0.1, 0.15) is 0 Å². The molecule has 0 saturated heterocycles. The van der Waals surface area contributed by atoms with Gasteiger partial charge < -0.3 is 61.3 Å². The molecule has 0 saturated carbocycles.